The Hall–Kier alpha value is -5.73. The van der Waals surface area contributed by atoms with E-state index in [1.54, 1.807) is 18.2 Å². The molecule has 3 heterocycles. The number of aromatic nitrogens is 3. The van der Waals surface area contributed by atoms with Gasteiger partial charge in [-0.25, -0.2) is 4.39 Å². The normalized spacial score (nSPS) is 13.1. The third-order valence-electron chi connectivity index (χ3n) is 12.3. The molecule has 0 unspecified atom stereocenters. The van der Waals surface area contributed by atoms with Crippen LogP contribution < -0.4 is 4.40 Å². The molecule has 0 saturated carbocycles. The van der Waals surface area contributed by atoms with E-state index in [9.17, 15) is 4.39 Å². The summed E-state index contributed by atoms with van der Waals surface area (Å²) in [5.74, 6) is 6.19. The van der Waals surface area contributed by atoms with Gasteiger partial charge in [-0.1, -0.05) is 93.9 Å². The molecule has 1 radical (unpaired) electrons. The van der Waals surface area contributed by atoms with E-state index in [-0.39, 0.29) is 43.1 Å². The predicted octanol–water partition coefficient (Wildman–Crippen LogP) is 16.3. The second kappa shape index (κ2) is 19.1. The van der Waals surface area contributed by atoms with E-state index in [0.717, 1.165) is 55.4 Å². The molecule has 0 aliphatic rings. The van der Waals surface area contributed by atoms with E-state index >= 15 is 4.39 Å². The SMILES string of the molecule is CC(C)c1cc(-c2ccccc2)cc(C(C)C)c1-n1c(-c2[c-]cc(F)c3c2oc2cc(F)ccc23)nc2ccc3ccccc3c21.[2H]C([2H])([2H])c1c[c-]c(-c2cc(C([2H])(C)C)[c]([Ge]([CH3])([CH3])[CH3])cn2)cc1.[Ir]. The minimum absolute atomic E-state index is 0. The molecule has 0 spiro atoms. The fourth-order valence-electron chi connectivity index (χ4n) is 8.96. The number of aryl methyl sites for hydroxylation is 1. The van der Waals surface area contributed by atoms with E-state index in [1.807, 2.05) is 50.4 Å². The van der Waals surface area contributed by atoms with Gasteiger partial charge in [0.2, 0.25) is 0 Å². The van der Waals surface area contributed by atoms with Gasteiger partial charge >= 0.3 is 131 Å². The summed E-state index contributed by atoms with van der Waals surface area (Å²) < 4.78 is 70.3. The summed E-state index contributed by atoms with van der Waals surface area (Å²) in [4.78, 5) is 9.81. The molecule has 0 N–H and O–H groups in total. The molecule has 10 rings (SSSR count). The molecule has 0 aliphatic heterocycles. The second-order valence-corrected chi connectivity index (χ2v) is 29.5. The number of benzene rings is 7. The Morgan fingerprint density at radius 3 is 2.10 bits per heavy atom. The van der Waals surface area contributed by atoms with Crippen molar-refractivity contribution < 1.29 is 38.8 Å². The molecular weight excluding hydrogens is 1070 g/mol. The maximum absolute atomic E-state index is 15.5. The van der Waals surface area contributed by atoms with Crippen molar-refractivity contribution in [2.75, 3.05) is 0 Å². The monoisotopic (exact) mass is 1130 g/mol. The molecule has 0 amide bonds. The van der Waals surface area contributed by atoms with Crippen molar-refractivity contribution in [3.63, 3.8) is 0 Å². The molecule has 0 aliphatic carbocycles. The Kier molecular flexibility index (Phi) is 12.2. The van der Waals surface area contributed by atoms with Gasteiger partial charge in [-0.3, -0.25) is 9.37 Å². The zero-order valence-electron chi connectivity index (χ0n) is 43.2. The fourth-order valence-corrected chi connectivity index (χ4v) is 12.3. The second-order valence-electron chi connectivity index (χ2n) is 18.9. The summed E-state index contributed by atoms with van der Waals surface area (Å²) in [7, 11) is 0. The molecule has 0 bridgehead atoms. The molecule has 4 nitrogen and oxygen atoms in total. The number of nitrogens with zero attached hydrogens (tertiary/aromatic N) is 3. The first-order valence-electron chi connectivity index (χ1n) is 24.5. The number of rotatable bonds is 8. The first-order chi connectivity index (χ1) is 33.1. The summed E-state index contributed by atoms with van der Waals surface area (Å²) in [6.45, 7) is 10.5. The molecule has 7 aromatic carbocycles. The number of hydrogen-bond donors (Lipinski definition) is 0. The van der Waals surface area contributed by atoms with Crippen molar-refractivity contribution in [1.29, 1.82) is 0 Å². The number of pyridine rings is 1. The third-order valence-corrected chi connectivity index (χ3v) is 16.5. The van der Waals surface area contributed by atoms with Crippen LogP contribution in [-0.2, 0) is 20.1 Å². The predicted molar refractivity (Wildman–Crippen MR) is 274 cm³/mol. The van der Waals surface area contributed by atoms with E-state index in [1.165, 1.54) is 39.8 Å². The van der Waals surface area contributed by atoms with Crippen molar-refractivity contribution in [1.82, 2.24) is 14.5 Å². The van der Waals surface area contributed by atoms with Crippen molar-refractivity contribution in [2.24, 2.45) is 0 Å². The van der Waals surface area contributed by atoms with Gasteiger partial charge in [-0.05, 0) is 75.2 Å². The molecule has 67 heavy (non-hydrogen) atoms. The van der Waals surface area contributed by atoms with Gasteiger partial charge in [-0.2, -0.15) is 0 Å². The zero-order valence-corrected chi connectivity index (χ0v) is 43.7. The molecule has 341 valence electrons. The van der Waals surface area contributed by atoms with Crippen LogP contribution in [0, 0.1) is 30.6 Å². The van der Waals surface area contributed by atoms with Gasteiger partial charge in [0.05, 0.1) is 22.4 Å². The Bertz CT molecular complexity index is 3560. The summed E-state index contributed by atoms with van der Waals surface area (Å²) in [5, 5.41) is 2.95. The van der Waals surface area contributed by atoms with Crippen LogP contribution in [0.1, 0.15) is 87.0 Å². The average molecular weight is 1130 g/mol. The average Bonchev–Trinajstić information content (AvgIpc) is 3.90. The number of halogens is 2. The van der Waals surface area contributed by atoms with E-state index in [4.69, 9.17) is 14.9 Å². The van der Waals surface area contributed by atoms with Gasteiger partial charge in [0, 0.05) is 48.4 Å². The Morgan fingerprint density at radius 2 is 1.45 bits per heavy atom. The maximum Gasteiger partial charge on any atom is 0 e. The number of furan rings is 1. The van der Waals surface area contributed by atoms with Crippen LogP contribution >= 0.6 is 0 Å². The first kappa shape index (κ1) is 42.6. The van der Waals surface area contributed by atoms with Crippen molar-refractivity contribution in [2.45, 2.75) is 83.4 Å². The smallest absolute Gasteiger partial charge is 0 e. The number of fused-ring (bicyclic) bond motifs is 6. The Morgan fingerprint density at radius 1 is 0.731 bits per heavy atom. The summed E-state index contributed by atoms with van der Waals surface area (Å²) in [5.41, 5.74) is 11.3. The van der Waals surface area contributed by atoms with Gasteiger partial charge < -0.3 is 8.98 Å². The molecular formula is C59H55F2GeIrN3O-2. The summed E-state index contributed by atoms with van der Waals surface area (Å²) >= 11 is -2.14. The summed E-state index contributed by atoms with van der Waals surface area (Å²) in [6.07, 6.45) is 1.91. The van der Waals surface area contributed by atoms with Crippen LogP contribution in [0.5, 0.6) is 0 Å². The van der Waals surface area contributed by atoms with Crippen LogP contribution in [0.2, 0.25) is 17.3 Å². The fraction of sp³-hybridized carbons (Fsp3) is 0.220. The standard InChI is InChI=1S/C41H31F2N2O.C18H24GeN.Ir/c1-23(2)32-20-27(25-10-6-5-7-11-25)21-33(24(3)4)38(32)45-39-29-13-9-8-12-26(29)14-19-35(39)44-41(45)31-17-18-34(43)37-30-16-15-28(42)22-36(30)46-40(31)37;1-13(2)16-11-18(15-9-7-14(3)8-10-15)20-12-17(16)19(4,5)6;/h5-16,18-24H,1-4H3;7-9,11-13H,1-6H3;/q2*-1;/i;3D3,13D;. The van der Waals surface area contributed by atoms with E-state index < -0.39 is 37.6 Å². The van der Waals surface area contributed by atoms with Crippen molar-refractivity contribution >= 4 is 61.4 Å². The Balaban J connectivity index is 0.000000230. The summed E-state index contributed by atoms with van der Waals surface area (Å²) in [6, 6.07) is 46.0. The van der Waals surface area contributed by atoms with Gasteiger partial charge in [0.1, 0.15) is 11.4 Å². The Labute approximate surface area is 414 Å². The topological polar surface area (TPSA) is 43.9 Å². The number of imidazole rings is 1. The van der Waals surface area contributed by atoms with E-state index in [0.29, 0.717) is 27.7 Å². The van der Waals surface area contributed by atoms with Crippen LogP contribution in [0.25, 0.3) is 83.2 Å². The van der Waals surface area contributed by atoms with Crippen molar-refractivity contribution in [3.05, 3.63) is 180 Å². The number of hydrogen-bond acceptors (Lipinski definition) is 3. The largest absolute Gasteiger partial charge is 0 e. The van der Waals surface area contributed by atoms with E-state index in [2.05, 4.69) is 121 Å². The quantitative estimate of drug-likeness (QED) is 0.112. The van der Waals surface area contributed by atoms with Gasteiger partial charge in [-0.15, -0.1) is 12.1 Å². The minimum atomic E-state index is -2.14. The molecule has 0 fully saturated rings. The van der Waals surface area contributed by atoms with Crippen LogP contribution in [0.3, 0.4) is 0 Å². The molecule has 10 aromatic rings. The van der Waals surface area contributed by atoms with Gasteiger partial charge in [0.25, 0.3) is 0 Å². The molecule has 8 heteroatoms. The van der Waals surface area contributed by atoms with Crippen LogP contribution in [0.15, 0.2) is 138 Å². The third kappa shape index (κ3) is 9.19. The van der Waals surface area contributed by atoms with Crippen LogP contribution in [0.4, 0.5) is 8.78 Å². The minimum Gasteiger partial charge on any atom is 0 e. The molecule has 0 saturated heterocycles. The zero-order chi connectivity index (χ0) is 50.0. The maximum atomic E-state index is 15.5. The molecule has 0 atom stereocenters. The van der Waals surface area contributed by atoms with Crippen LogP contribution in [-0.4, -0.2) is 27.8 Å². The molecule has 3 aromatic heterocycles. The first-order valence-corrected chi connectivity index (χ1v) is 29.8. The van der Waals surface area contributed by atoms with Gasteiger partial charge in [0.15, 0.2) is 0 Å². The van der Waals surface area contributed by atoms with Crippen molar-refractivity contribution in [3.8, 4) is 39.5 Å².